The van der Waals surface area contributed by atoms with Gasteiger partial charge in [-0.15, -0.1) is 0 Å². The molecule has 2 unspecified atom stereocenters. The minimum atomic E-state index is -0.188. The lowest BCUT2D eigenvalue weighted by Gasteiger charge is -2.48. The third kappa shape index (κ3) is 3.82. The SMILES string of the molecule is COC1(C)CCCN(C(C)(CN)Cc2cccc(F)c2)C1. The van der Waals surface area contributed by atoms with E-state index in [0.29, 0.717) is 6.54 Å². The summed E-state index contributed by atoms with van der Waals surface area (Å²) in [6, 6.07) is 6.81. The zero-order valence-electron chi connectivity index (χ0n) is 13.4. The predicted molar refractivity (Wildman–Crippen MR) is 83.8 cm³/mol. The van der Waals surface area contributed by atoms with Gasteiger partial charge in [0.25, 0.3) is 0 Å². The van der Waals surface area contributed by atoms with E-state index < -0.39 is 0 Å². The molecule has 1 aliphatic heterocycles. The van der Waals surface area contributed by atoms with Crippen molar-refractivity contribution in [2.75, 3.05) is 26.7 Å². The molecule has 2 rings (SSSR count). The van der Waals surface area contributed by atoms with E-state index in [0.717, 1.165) is 37.9 Å². The molecule has 1 aliphatic rings. The number of rotatable bonds is 5. The fourth-order valence-electron chi connectivity index (χ4n) is 3.23. The van der Waals surface area contributed by atoms with Gasteiger partial charge in [-0.3, -0.25) is 4.90 Å². The van der Waals surface area contributed by atoms with E-state index in [1.165, 1.54) is 6.07 Å². The third-order valence-corrected chi connectivity index (χ3v) is 4.83. The van der Waals surface area contributed by atoms with E-state index in [1.807, 2.05) is 6.07 Å². The Kier molecular flexibility index (Phi) is 5.02. The van der Waals surface area contributed by atoms with Crippen LogP contribution >= 0.6 is 0 Å². The lowest BCUT2D eigenvalue weighted by atomic mass is 9.85. The minimum Gasteiger partial charge on any atom is -0.377 e. The van der Waals surface area contributed by atoms with Crippen LogP contribution in [0.25, 0.3) is 0 Å². The molecule has 3 nitrogen and oxygen atoms in total. The highest BCUT2D eigenvalue weighted by molar-refractivity contribution is 5.19. The maximum atomic E-state index is 13.4. The number of nitrogens with zero attached hydrogens (tertiary/aromatic N) is 1. The fourth-order valence-corrected chi connectivity index (χ4v) is 3.23. The number of nitrogens with two attached hydrogens (primary N) is 1. The lowest BCUT2D eigenvalue weighted by Crippen LogP contribution is -2.60. The van der Waals surface area contributed by atoms with Gasteiger partial charge in [-0.2, -0.15) is 0 Å². The highest BCUT2D eigenvalue weighted by atomic mass is 19.1. The Hall–Kier alpha value is -0.970. The second-order valence-corrected chi connectivity index (χ2v) is 6.69. The van der Waals surface area contributed by atoms with Gasteiger partial charge in [0.1, 0.15) is 5.82 Å². The van der Waals surface area contributed by atoms with Crippen LogP contribution in [-0.2, 0) is 11.2 Å². The van der Waals surface area contributed by atoms with E-state index in [4.69, 9.17) is 10.5 Å². The fraction of sp³-hybridized carbons (Fsp3) is 0.647. The number of methoxy groups -OCH3 is 1. The molecule has 0 spiro atoms. The molecule has 0 bridgehead atoms. The molecule has 2 N–H and O–H groups in total. The summed E-state index contributed by atoms with van der Waals surface area (Å²) in [4.78, 5) is 2.41. The van der Waals surface area contributed by atoms with Gasteiger partial charge >= 0.3 is 0 Å². The first-order chi connectivity index (χ1) is 9.91. The predicted octanol–water partition coefficient (Wildman–Crippen LogP) is 2.59. The first-order valence-electron chi connectivity index (χ1n) is 7.65. The molecule has 1 aromatic rings. The van der Waals surface area contributed by atoms with E-state index in [2.05, 4.69) is 18.7 Å². The maximum absolute atomic E-state index is 13.4. The summed E-state index contributed by atoms with van der Waals surface area (Å²) in [5.41, 5.74) is 6.78. The van der Waals surface area contributed by atoms with Crippen LogP contribution in [-0.4, -0.2) is 42.8 Å². The van der Waals surface area contributed by atoms with Crippen molar-refractivity contribution in [3.63, 3.8) is 0 Å². The Morgan fingerprint density at radius 2 is 2.24 bits per heavy atom. The van der Waals surface area contributed by atoms with Crippen molar-refractivity contribution in [3.05, 3.63) is 35.6 Å². The highest BCUT2D eigenvalue weighted by Crippen LogP contribution is 2.30. The van der Waals surface area contributed by atoms with Gasteiger partial charge in [0, 0.05) is 25.7 Å². The molecule has 4 heteroatoms. The summed E-state index contributed by atoms with van der Waals surface area (Å²) in [7, 11) is 1.77. The van der Waals surface area contributed by atoms with Gasteiger partial charge in [0.2, 0.25) is 0 Å². The van der Waals surface area contributed by atoms with Crippen LogP contribution in [0.5, 0.6) is 0 Å². The van der Waals surface area contributed by atoms with Gasteiger partial charge < -0.3 is 10.5 Å². The van der Waals surface area contributed by atoms with Crippen LogP contribution in [0.1, 0.15) is 32.3 Å². The number of piperidine rings is 1. The summed E-state index contributed by atoms with van der Waals surface area (Å²) in [5, 5.41) is 0. The molecule has 21 heavy (non-hydrogen) atoms. The number of benzene rings is 1. The molecule has 118 valence electrons. The summed E-state index contributed by atoms with van der Waals surface area (Å²) in [5.74, 6) is -0.188. The van der Waals surface area contributed by atoms with Gasteiger partial charge in [0.15, 0.2) is 0 Å². The highest BCUT2D eigenvalue weighted by Gasteiger charge is 2.39. The van der Waals surface area contributed by atoms with Gasteiger partial charge in [0.05, 0.1) is 5.60 Å². The second kappa shape index (κ2) is 6.42. The van der Waals surface area contributed by atoms with Crippen LogP contribution in [0.4, 0.5) is 4.39 Å². The molecule has 0 aromatic heterocycles. The van der Waals surface area contributed by atoms with Crippen molar-refractivity contribution in [1.82, 2.24) is 4.90 Å². The van der Waals surface area contributed by atoms with Crippen molar-refractivity contribution in [3.8, 4) is 0 Å². The van der Waals surface area contributed by atoms with Gasteiger partial charge in [-0.05, 0) is 57.4 Å². The van der Waals surface area contributed by atoms with Crippen LogP contribution < -0.4 is 5.73 Å². The molecular formula is C17H27FN2O. The molecule has 2 atom stereocenters. The van der Waals surface area contributed by atoms with Crippen LogP contribution in [0.15, 0.2) is 24.3 Å². The standard InChI is InChI=1S/C17H27FN2O/c1-16(12-19,11-14-6-4-7-15(18)10-14)20-9-5-8-17(2,13-20)21-3/h4,6-7,10H,5,8-9,11-13,19H2,1-3H3. The zero-order valence-corrected chi connectivity index (χ0v) is 13.4. The molecule has 1 heterocycles. The Balaban J connectivity index is 2.16. The summed E-state index contributed by atoms with van der Waals surface area (Å²) in [6.45, 7) is 6.75. The Morgan fingerprint density at radius 3 is 2.86 bits per heavy atom. The second-order valence-electron chi connectivity index (χ2n) is 6.69. The Bertz CT molecular complexity index is 482. The van der Waals surface area contributed by atoms with Crippen molar-refractivity contribution >= 4 is 0 Å². The average molecular weight is 294 g/mol. The van der Waals surface area contributed by atoms with Crippen molar-refractivity contribution < 1.29 is 9.13 Å². The number of hydrogen-bond donors (Lipinski definition) is 1. The topological polar surface area (TPSA) is 38.5 Å². The Labute approximate surface area is 127 Å². The number of hydrogen-bond acceptors (Lipinski definition) is 3. The maximum Gasteiger partial charge on any atom is 0.123 e. The molecule has 0 radical (unpaired) electrons. The van der Waals surface area contributed by atoms with Gasteiger partial charge in [-0.1, -0.05) is 12.1 Å². The summed E-state index contributed by atoms with van der Waals surface area (Å²) >= 11 is 0. The Morgan fingerprint density at radius 1 is 1.48 bits per heavy atom. The molecule has 1 saturated heterocycles. The first kappa shape index (κ1) is 16.4. The number of likely N-dealkylation sites (tertiary alicyclic amines) is 1. The molecular weight excluding hydrogens is 267 g/mol. The van der Waals surface area contributed by atoms with E-state index >= 15 is 0 Å². The summed E-state index contributed by atoms with van der Waals surface area (Å²) in [6.07, 6.45) is 2.92. The number of halogens is 1. The van der Waals surface area contributed by atoms with Crippen LogP contribution in [0, 0.1) is 5.82 Å². The first-order valence-corrected chi connectivity index (χ1v) is 7.65. The summed E-state index contributed by atoms with van der Waals surface area (Å²) < 4.78 is 19.1. The zero-order chi connectivity index (χ0) is 15.5. The quantitative estimate of drug-likeness (QED) is 0.907. The van der Waals surface area contributed by atoms with Crippen LogP contribution in [0.2, 0.25) is 0 Å². The average Bonchev–Trinajstić information content (AvgIpc) is 2.47. The largest absolute Gasteiger partial charge is 0.377 e. The van der Waals surface area contributed by atoms with Crippen molar-refractivity contribution in [2.24, 2.45) is 5.73 Å². The third-order valence-electron chi connectivity index (χ3n) is 4.83. The minimum absolute atomic E-state index is 0.114. The van der Waals surface area contributed by atoms with E-state index in [9.17, 15) is 4.39 Å². The number of ether oxygens (including phenoxy) is 1. The monoisotopic (exact) mass is 294 g/mol. The van der Waals surface area contributed by atoms with E-state index in [1.54, 1.807) is 19.2 Å². The van der Waals surface area contributed by atoms with Gasteiger partial charge in [-0.25, -0.2) is 4.39 Å². The molecule has 1 aromatic carbocycles. The normalized spacial score (nSPS) is 26.5. The van der Waals surface area contributed by atoms with Crippen LogP contribution in [0.3, 0.4) is 0 Å². The molecule has 0 aliphatic carbocycles. The van der Waals surface area contributed by atoms with Crippen molar-refractivity contribution in [2.45, 2.75) is 44.2 Å². The lowest BCUT2D eigenvalue weighted by molar-refractivity contribution is -0.0767. The van der Waals surface area contributed by atoms with Crippen molar-refractivity contribution in [1.29, 1.82) is 0 Å². The smallest absolute Gasteiger partial charge is 0.123 e. The molecule has 0 saturated carbocycles. The van der Waals surface area contributed by atoms with E-state index in [-0.39, 0.29) is 17.0 Å². The molecule has 0 amide bonds. The molecule has 1 fully saturated rings.